The fourth-order valence-electron chi connectivity index (χ4n) is 3.84. The lowest BCUT2D eigenvalue weighted by molar-refractivity contribution is -0.132. The van der Waals surface area contributed by atoms with Gasteiger partial charge < -0.3 is 14.6 Å². The molecule has 168 valence electrons. The summed E-state index contributed by atoms with van der Waals surface area (Å²) >= 11 is 6.26. The second kappa shape index (κ2) is 8.96. The number of carbonyl (C=O) groups is 2. The summed E-state index contributed by atoms with van der Waals surface area (Å²) in [5.74, 6) is -2.15. The Morgan fingerprint density at radius 3 is 2.21 bits per heavy atom. The Labute approximate surface area is 194 Å². The van der Waals surface area contributed by atoms with Crippen LogP contribution in [-0.4, -0.2) is 31.0 Å². The Hall–Kier alpha value is -3.84. The zero-order chi connectivity index (χ0) is 23.7. The van der Waals surface area contributed by atoms with Crippen LogP contribution in [0, 0.1) is 5.82 Å². The van der Waals surface area contributed by atoms with Gasteiger partial charge in [-0.05, 0) is 35.9 Å². The number of amides is 1. The zero-order valence-corrected chi connectivity index (χ0v) is 18.5. The number of rotatable bonds is 5. The number of aliphatic hydroxyl groups excluding tert-OH is 1. The van der Waals surface area contributed by atoms with Crippen LogP contribution >= 0.6 is 11.6 Å². The van der Waals surface area contributed by atoms with Gasteiger partial charge in [0.25, 0.3) is 11.7 Å². The third-order valence-corrected chi connectivity index (χ3v) is 5.69. The van der Waals surface area contributed by atoms with Gasteiger partial charge in [-0.2, -0.15) is 0 Å². The molecular formula is C25H19ClFNO5. The topological polar surface area (TPSA) is 76.1 Å². The van der Waals surface area contributed by atoms with Crippen LogP contribution in [-0.2, 0) is 9.59 Å². The van der Waals surface area contributed by atoms with Gasteiger partial charge in [-0.3, -0.25) is 14.5 Å². The molecule has 0 bridgehead atoms. The molecule has 1 N–H and O–H groups in total. The summed E-state index contributed by atoms with van der Waals surface area (Å²) in [7, 11) is 2.83. The van der Waals surface area contributed by atoms with E-state index in [1.165, 1.54) is 55.5 Å². The normalized spacial score (nSPS) is 17.3. The van der Waals surface area contributed by atoms with E-state index in [0.717, 1.165) is 0 Å². The standard InChI is InChI=1S/C25H19ClFNO5/c1-32-19-13-20(33-2)18(26)12-17(19)23(29)21-22(14-6-4-3-5-7-14)28(25(31)24(21)30)16-10-8-15(27)9-11-16/h3-13,22,29H,1-2H3/b23-21+. The van der Waals surface area contributed by atoms with E-state index in [9.17, 15) is 19.1 Å². The minimum absolute atomic E-state index is 0.126. The van der Waals surface area contributed by atoms with Gasteiger partial charge in [-0.25, -0.2) is 4.39 Å². The maximum Gasteiger partial charge on any atom is 0.300 e. The molecule has 0 spiro atoms. The second-order valence-electron chi connectivity index (χ2n) is 7.24. The molecule has 6 nitrogen and oxygen atoms in total. The van der Waals surface area contributed by atoms with Crippen molar-refractivity contribution in [1.29, 1.82) is 0 Å². The highest BCUT2D eigenvalue weighted by Gasteiger charge is 2.47. The van der Waals surface area contributed by atoms with Crippen LogP contribution in [0.5, 0.6) is 11.5 Å². The number of methoxy groups -OCH3 is 2. The predicted octanol–water partition coefficient (Wildman–Crippen LogP) is 5.12. The predicted molar refractivity (Wildman–Crippen MR) is 122 cm³/mol. The van der Waals surface area contributed by atoms with Crippen LogP contribution in [0.3, 0.4) is 0 Å². The van der Waals surface area contributed by atoms with E-state index in [1.807, 2.05) is 0 Å². The summed E-state index contributed by atoms with van der Waals surface area (Å²) in [6, 6.07) is 15.9. The number of aliphatic hydroxyl groups is 1. The summed E-state index contributed by atoms with van der Waals surface area (Å²) in [4.78, 5) is 27.5. The minimum atomic E-state index is -0.956. The molecule has 1 atom stereocenters. The Bertz CT molecular complexity index is 1260. The van der Waals surface area contributed by atoms with E-state index in [1.54, 1.807) is 30.3 Å². The van der Waals surface area contributed by atoms with Crippen LogP contribution in [0.2, 0.25) is 5.02 Å². The van der Waals surface area contributed by atoms with E-state index in [0.29, 0.717) is 17.0 Å². The molecule has 33 heavy (non-hydrogen) atoms. The fourth-order valence-corrected chi connectivity index (χ4v) is 4.08. The monoisotopic (exact) mass is 467 g/mol. The summed E-state index contributed by atoms with van der Waals surface area (Å²) in [5, 5.41) is 11.5. The maximum atomic E-state index is 13.5. The van der Waals surface area contributed by atoms with E-state index in [-0.39, 0.29) is 21.9 Å². The number of anilines is 1. The Morgan fingerprint density at radius 1 is 0.970 bits per heavy atom. The molecule has 1 aliphatic rings. The first-order valence-corrected chi connectivity index (χ1v) is 10.3. The van der Waals surface area contributed by atoms with Gasteiger partial charge in [0, 0.05) is 11.8 Å². The molecule has 3 aromatic carbocycles. The van der Waals surface area contributed by atoms with Crippen molar-refractivity contribution < 1.29 is 28.6 Å². The van der Waals surface area contributed by atoms with Crippen LogP contribution in [0.4, 0.5) is 10.1 Å². The zero-order valence-electron chi connectivity index (χ0n) is 17.7. The lowest BCUT2D eigenvalue weighted by Gasteiger charge is -2.25. The lowest BCUT2D eigenvalue weighted by Crippen LogP contribution is -2.29. The number of ether oxygens (including phenoxy) is 2. The van der Waals surface area contributed by atoms with Gasteiger partial charge in [0.05, 0.1) is 36.4 Å². The SMILES string of the molecule is COc1cc(OC)c(/C(O)=C2\C(=O)C(=O)N(c3ccc(F)cc3)C2c2ccccc2)cc1Cl. The summed E-state index contributed by atoms with van der Waals surface area (Å²) < 4.78 is 24.1. The molecular weight excluding hydrogens is 449 g/mol. The molecule has 1 heterocycles. The molecule has 0 radical (unpaired) electrons. The average molecular weight is 468 g/mol. The molecule has 0 aromatic heterocycles. The lowest BCUT2D eigenvalue weighted by atomic mass is 9.95. The Balaban J connectivity index is 1.97. The van der Waals surface area contributed by atoms with Gasteiger partial charge in [-0.15, -0.1) is 0 Å². The molecule has 4 rings (SSSR count). The molecule has 1 unspecified atom stereocenters. The Kier molecular flexibility index (Phi) is 6.07. The highest BCUT2D eigenvalue weighted by atomic mass is 35.5. The van der Waals surface area contributed by atoms with Crippen molar-refractivity contribution in [3.05, 3.63) is 94.3 Å². The molecule has 0 aliphatic carbocycles. The van der Waals surface area contributed by atoms with Crippen LogP contribution in [0.15, 0.2) is 72.3 Å². The summed E-state index contributed by atoms with van der Waals surface area (Å²) in [6.07, 6.45) is 0. The summed E-state index contributed by atoms with van der Waals surface area (Å²) in [5.41, 5.74) is 0.878. The number of hydrogen-bond acceptors (Lipinski definition) is 5. The van der Waals surface area contributed by atoms with Crippen molar-refractivity contribution in [1.82, 2.24) is 0 Å². The number of halogens is 2. The van der Waals surface area contributed by atoms with E-state index in [2.05, 4.69) is 0 Å². The largest absolute Gasteiger partial charge is 0.507 e. The van der Waals surface area contributed by atoms with Crippen molar-refractivity contribution in [3.63, 3.8) is 0 Å². The average Bonchev–Trinajstić information content (AvgIpc) is 3.10. The molecule has 1 fully saturated rings. The number of hydrogen-bond donors (Lipinski definition) is 1. The third-order valence-electron chi connectivity index (χ3n) is 5.39. The van der Waals surface area contributed by atoms with Crippen molar-refractivity contribution >= 4 is 34.7 Å². The van der Waals surface area contributed by atoms with Crippen molar-refractivity contribution in [2.75, 3.05) is 19.1 Å². The maximum absolute atomic E-state index is 13.5. The molecule has 1 aliphatic heterocycles. The number of nitrogens with zero attached hydrogens (tertiary/aromatic N) is 1. The van der Waals surface area contributed by atoms with Gasteiger partial charge in [0.1, 0.15) is 23.1 Å². The number of Topliss-reactive ketones (excluding diaryl/α,β-unsaturated/α-hetero) is 1. The van der Waals surface area contributed by atoms with Gasteiger partial charge in [0.15, 0.2) is 0 Å². The quantitative estimate of drug-likeness (QED) is 0.320. The van der Waals surface area contributed by atoms with Crippen LogP contribution in [0.25, 0.3) is 5.76 Å². The Morgan fingerprint density at radius 2 is 1.61 bits per heavy atom. The van der Waals surface area contributed by atoms with Crippen LogP contribution in [0.1, 0.15) is 17.2 Å². The first-order chi connectivity index (χ1) is 15.9. The van der Waals surface area contributed by atoms with Crippen LogP contribution < -0.4 is 14.4 Å². The molecule has 1 saturated heterocycles. The van der Waals surface area contributed by atoms with Crippen molar-refractivity contribution in [3.8, 4) is 11.5 Å². The van der Waals surface area contributed by atoms with E-state index in [4.69, 9.17) is 21.1 Å². The second-order valence-corrected chi connectivity index (χ2v) is 7.65. The first kappa shape index (κ1) is 22.4. The summed E-state index contributed by atoms with van der Waals surface area (Å²) in [6.45, 7) is 0. The van der Waals surface area contributed by atoms with Gasteiger partial charge in [-0.1, -0.05) is 41.9 Å². The smallest absolute Gasteiger partial charge is 0.300 e. The van der Waals surface area contributed by atoms with Crippen molar-refractivity contribution in [2.24, 2.45) is 0 Å². The molecule has 8 heteroatoms. The number of ketones is 1. The highest BCUT2D eigenvalue weighted by molar-refractivity contribution is 6.51. The van der Waals surface area contributed by atoms with E-state index >= 15 is 0 Å². The van der Waals surface area contributed by atoms with Crippen molar-refractivity contribution in [2.45, 2.75) is 6.04 Å². The highest BCUT2D eigenvalue weighted by Crippen LogP contribution is 2.44. The molecule has 1 amide bonds. The first-order valence-electron chi connectivity index (χ1n) is 9.90. The number of benzene rings is 3. The van der Waals surface area contributed by atoms with Gasteiger partial charge in [0.2, 0.25) is 0 Å². The van der Waals surface area contributed by atoms with E-state index < -0.39 is 29.3 Å². The van der Waals surface area contributed by atoms with Gasteiger partial charge >= 0.3 is 0 Å². The minimum Gasteiger partial charge on any atom is -0.507 e. The third kappa shape index (κ3) is 3.91. The molecule has 0 saturated carbocycles. The number of carbonyl (C=O) groups excluding carboxylic acids is 2. The fraction of sp³-hybridized carbons (Fsp3) is 0.120. The molecule has 3 aromatic rings.